The predicted octanol–water partition coefficient (Wildman–Crippen LogP) is 4.04. The molecule has 0 amide bonds. The van der Waals surface area contributed by atoms with Crippen molar-refractivity contribution in [3.8, 4) is 0 Å². The maximum atomic E-state index is 5.65. The minimum atomic E-state index is 0. The van der Waals surface area contributed by atoms with Gasteiger partial charge in [0.2, 0.25) is 0 Å². The van der Waals surface area contributed by atoms with Crippen LogP contribution in [0.2, 0.25) is 0 Å². The normalized spacial score (nSPS) is 12.6. The minimum Gasteiger partial charge on any atom is -0.468 e. The van der Waals surface area contributed by atoms with Crippen LogP contribution in [-0.2, 0) is 11.3 Å². The lowest BCUT2D eigenvalue weighted by atomic mass is 10.2. The Labute approximate surface area is 191 Å². The molecule has 0 aromatic carbocycles. The molecule has 0 aliphatic carbocycles. The SMILES string of the molecule is CCNC(=NCC(c1ccco1)N(CC)CC)NCCCOCc1ccco1.I. The second-order valence-corrected chi connectivity index (χ2v) is 6.38. The maximum absolute atomic E-state index is 5.65. The van der Waals surface area contributed by atoms with Gasteiger partial charge in [0.15, 0.2) is 5.96 Å². The molecule has 0 spiro atoms. The lowest BCUT2D eigenvalue weighted by molar-refractivity contribution is 0.105. The molecule has 0 saturated carbocycles. The molecule has 8 heteroatoms. The Morgan fingerprint density at radius 2 is 1.86 bits per heavy atom. The van der Waals surface area contributed by atoms with Crippen LogP contribution in [-0.4, -0.2) is 50.2 Å². The number of nitrogens with zero attached hydrogens (tertiary/aromatic N) is 2. The molecule has 2 aromatic rings. The molecule has 0 aliphatic rings. The van der Waals surface area contributed by atoms with E-state index in [4.69, 9.17) is 18.6 Å². The summed E-state index contributed by atoms with van der Waals surface area (Å²) in [5.41, 5.74) is 0. The fraction of sp³-hybridized carbons (Fsp3) is 0.571. The van der Waals surface area contributed by atoms with Gasteiger partial charge in [-0.05, 0) is 50.7 Å². The number of rotatable bonds is 13. The number of hydrogen-bond donors (Lipinski definition) is 2. The molecule has 1 unspecified atom stereocenters. The predicted molar refractivity (Wildman–Crippen MR) is 127 cm³/mol. The summed E-state index contributed by atoms with van der Waals surface area (Å²) in [7, 11) is 0. The zero-order valence-electron chi connectivity index (χ0n) is 17.7. The molecule has 2 rings (SSSR count). The molecule has 2 heterocycles. The summed E-state index contributed by atoms with van der Waals surface area (Å²) >= 11 is 0. The number of ether oxygens (including phenoxy) is 1. The highest BCUT2D eigenvalue weighted by molar-refractivity contribution is 14.0. The van der Waals surface area contributed by atoms with Crippen LogP contribution in [0.4, 0.5) is 0 Å². The third kappa shape index (κ3) is 9.22. The molecule has 2 aromatic heterocycles. The first-order chi connectivity index (χ1) is 13.8. The summed E-state index contributed by atoms with van der Waals surface area (Å²) < 4.78 is 16.5. The van der Waals surface area contributed by atoms with E-state index in [0.717, 1.165) is 50.1 Å². The van der Waals surface area contributed by atoms with Gasteiger partial charge in [0, 0.05) is 19.7 Å². The molecule has 0 saturated heterocycles. The fourth-order valence-electron chi connectivity index (χ4n) is 3.00. The van der Waals surface area contributed by atoms with Crippen molar-refractivity contribution in [2.24, 2.45) is 4.99 Å². The van der Waals surface area contributed by atoms with E-state index >= 15 is 0 Å². The van der Waals surface area contributed by atoms with E-state index in [0.29, 0.717) is 19.8 Å². The van der Waals surface area contributed by atoms with Crippen molar-refractivity contribution in [1.82, 2.24) is 15.5 Å². The lowest BCUT2D eigenvalue weighted by Gasteiger charge is -2.27. The quantitative estimate of drug-likeness (QED) is 0.181. The van der Waals surface area contributed by atoms with Crippen molar-refractivity contribution in [2.75, 3.05) is 39.3 Å². The van der Waals surface area contributed by atoms with Crippen LogP contribution in [0, 0.1) is 0 Å². The van der Waals surface area contributed by atoms with Crippen molar-refractivity contribution >= 4 is 29.9 Å². The second-order valence-electron chi connectivity index (χ2n) is 6.38. The Hall–Kier alpha value is -1.52. The van der Waals surface area contributed by atoms with E-state index in [1.54, 1.807) is 12.5 Å². The molecular weight excluding hydrogens is 483 g/mol. The van der Waals surface area contributed by atoms with Crippen LogP contribution in [0.5, 0.6) is 0 Å². The van der Waals surface area contributed by atoms with E-state index in [1.807, 2.05) is 24.3 Å². The molecule has 0 bridgehead atoms. The van der Waals surface area contributed by atoms with E-state index < -0.39 is 0 Å². The number of furan rings is 2. The largest absolute Gasteiger partial charge is 0.468 e. The highest BCUT2D eigenvalue weighted by Crippen LogP contribution is 2.21. The van der Waals surface area contributed by atoms with Crippen molar-refractivity contribution in [1.29, 1.82) is 0 Å². The number of hydrogen-bond acceptors (Lipinski definition) is 5. The van der Waals surface area contributed by atoms with Gasteiger partial charge in [-0.1, -0.05) is 13.8 Å². The van der Waals surface area contributed by atoms with Gasteiger partial charge in [-0.15, -0.1) is 24.0 Å². The van der Waals surface area contributed by atoms with E-state index in [1.165, 1.54) is 0 Å². The van der Waals surface area contributed by atoms with Crippen LogP contribution < -0.4 is 10.6 Å². The third-order valence-corrected chi connectivity index (χ3v) is 4.47. The number of likely N-dealkylation sites (N-methyl/N-ethyl adjacent to an activating group) is 1. The summed E-state index contributed by atoms with van der Waals surface area (Å²) in [4.78, 5) is 7.14. The van der Waals surface area contributed by atoms with Gasteiger partial charge in [0.25, 0.3) is 0 Å². The molecule has 0 fully saturated rings. The Balaban J connectivity index is 0.00000420. The van der Waals surface area contributed by atoms with Crippen molar-refractivity contribution in [2.45, 2.75) is 39.8 Å². The summed E-state index contributed by atoms with van der Waals surface area (Å²) in [6.45, 7) is 11.7. The van der Waals surface area contributed by atoms with E-state index in [-0.39, 0.29) is 30.0 Å². The molecule has 1 atom stereocenters. The Morgan fingerprint density at radius 3 is 2.48 bits per heavy atom. The van der Waals surface area contributed by atoms with Gasteiger partial charge in [0.05, 0.1) is 25.1 Å². The minimum absolute atomic E-state index is 0. The topological polar surface area (TPSA) is 75.2 Å². The van der Waals surface area contributed by atoms with Crippen LogP contribution >= 0.6 is 24.0 Å². The first-order valence-electron chi connectivity index (χ1n) is 10.2. The van der Waals surface area contributed by atoms with Crippen LogP contribution in [0.15, 0.2) is 50.6 Å². The monoisotopic (exact) mass is 518 g/mol. The average Bonchev–Trinajstić information content (AvgIpc) is 3.41. The molecule has 29 heavy (non-hydrogen) atoms. The standard InChI is InChI=1S/C21H34N4O3.HI/c1-4-22-21(23-12-9-13-26-17-18-10-7-14-27-18)24-16-19(25(5-2)6-3)20-11-8-15-28-20;/h7-8,10-11,14-15,19H,4-6,9,12-13,16-17H2,1-3H3,(H2,22,23,24);1H. The van der Waals surface area contributed by atoms with Gasteiger partial charge in [-0.25, -0.2) is 0 Å². The van der Waals surface area contributed by atoms with E-state index in [9.17, 15) is 0 Å². The smallest absolute Gasteiger partial charge is 0.191 e. The zero-order valence-corrected chi connectivity index (χ0v) is 20.1. The summed E-state index contributed by atoms with van der Waals surface area (Å²) in [5.74, 6) is 2.62. The summed E-state index contributed by atoms with van der Waals surface area (Å²) in [5, 5.41) is 6.68. The van der Waals surface area contributed by atoms with Crippen LogP contribution in [0.1, 0.15) is 44.8 Å². The highest BCUT2D eigenvalue weighted by Gasteiger charge is 2.20. The molecule has 164 valence electrons. The van der Waals surface area contributed by atoms with Gasteiger partial charge >= 0.3 is 0 Å². The Bertz CT molecular complexity index is 643. The van der Waals surface area contributed by atoms with Gasteiger partial charge in [0.1, 0.15) is 18.1 Å². The lowest BCUT2D eigenvalue weighted by Crippen LogP contribution is -2.39. The van der Waals surface area contributed by atoms with Gasteiger partial charge < -0.3 is 24.2 Å². The van der Waals surface area contributed by atoms with Crippen LogP contribution in [0.25, 0.3) is 0 Å². The second kappa shape index (κ2) is 15.3. The highest BCUT2D eigenvalue weighted by atomic mass is 127. The first-order valence-corrected chi connectivity index (χ1v) is 10.2. The van der Waals surface area contributed by atoms with E-state index in [2.05, 4.69) is 36.3 Å². The number of halogens is 1. The number of aliphatic imine (C=N–C) groups is 1. The zero-order chi connectivity index (χ0) is 20.0. The number of nitrogens with one attached hydrogen (secondary N) is 2. The molecular formula is C21H35IN4O3. The fourth-order valence-corrected chi connectivity index (χ4v) is 3.00. The summed E-state index contributed by atoms with van der Waals surface area (Å²) in [6.07, 6.45) is 4.28. The van der Waals surface area contributed by atoms with Crippen molar-refractivity contribution < 1.29 is 13.6 Å². The average molecular weight is 518 g/mol. The molecule has 0 aliphatic heterocycles. The first kappa shape index (κ1) is 25.5. The molecule has 7 nitrogen and oxygen atoms in total. The van der Waals surface area contributed by atoms with Crippen LogP contribution in [0.3, 0.4) is 0 Å². The Morgan fingerprint density at radius 1 is 1.10 bits per heavy atom. The van der Waals surface area contributed by atoms with Gasteiger partial charge in [-0.3, -0.25) is 9.89 Å². The number of guanidine groups is 1. The third-order valence-electron chi connectivity index (χ3n) is 4.47. The molecule has 2 N–H and O–H groups in total. The molecule has 0 radical (unpaired) electrons. The van der Waals surface area contributed by atoms with Gasteiger partial charge in [-0.2, -0.15) is 0 Å². The van der Waals surface area contributed by atoms with Crippen molar-refractivity contribution in [3.63, 3.8) is 0 Å². The maximum Gasteiger partial charge on any atom is 0.191 e. The van der Waals surface area contributed by atoms with Crippen molar-refractivity contribution in [3.05, 3.63) is 48.3 Å². The summed E-state index contributed by atoms with van der Waals surface area (Å²) in [6, 6.07) is 7.88. The Kier molecular flexibility index (Phi) is 13.5.